The predicted octanol–water partition coefficient (Wildman–Crippen LogP) is 4.63. The van der Waals surface area contributed by atoms with Crippen LogP contribution in [-0.4, -0.2) is 47.6 Å². The lowest BCUT2D eigenvalue weighted by atomic mass is 10.4. The minimum absolute atomic E-state index is 0. The van der Waals surface area contributed by atoms with E-state index in [1.807, 2.05) is 76.2 Å². The molecular formula is C22H43ClN2O2. The average Bonchev–Trinajstić information content (AvgIpc) is 3.39. The van der Waals surface area contributed by atoms with Crippen molar-refractivity contribution >= 4 is 12.4 Å². The Hall–Kier alpha value is -1.17. The van der Waals surface area contributed by atoms with E-state index in [0.717, 1.165) is 25.9 Å². The molecule has 1 aliphatic carbocycles. The first-order chi connectivity index (χ1) is 12.7. The molecule has 27 heavy (non-hydrogen) atoms. The lowest BCUT2D eigenvalue weighted by Gasteiger charge is -2.15. The summed E-state index contributed by atoms with van der Waals surface area (Å²) in [5.74, 6) is 0. The van der Waals surface area contributed by atoms with Crippen LogP contribution in [0.25, 0.3) is 0 Å². The van der Waals surface area contributed by atoms with Crippen LogP contribution in [0.15, 0.2) is 60.7 Å². The van der Waals surface area contributed by atoms with Crippen LogP contribution in [0, 0.1) is 0 Å². The van der Waals surface area contributed by atoms with Crippen LogP contribution in [0.1, 0.15) is 47.5 Å². The van der Waals surface area contributed by atoms with Gasteiger partial charge < -0.3 is 15.9 Å². The zero-order chi connectivity index (χ0) is 20.6. The maximum absolute atomic E-state index is 9.11. The van der Waals surface area contributed by atoms with Gasteiger partial charge in [0.15, 0.2) is 0 Å². The van der Waals surface area contributed by atoms with Gasteiger partial charge in [-0.05, 0) is 26.4 Å². The lowest BCUT2D eigenvalue weighted by molar-refractivity contribution is 0.0422. The molecule has 1 aromatic rings. The van der Waals surface area contributed by atoms with E-state index in [1.54, 1.807) is 12.2 Å². The van der Waals surface area contributed by atoms with Crippen molar-refractivity contribution in [2.45, 2.75) is 59.8 Å². The number of rotatable bonds is 1. The van der Waals surface area contributed by atoms with Gasteiger partial charge in [0.1, 0.15) is 6.23 Å². The summed E-state index contributed by atoms with van der Waals surface area (Å²) in [5.41, 5.74) is 4.50. The van der Waals surface area contributed by atoms with E-state index in [4.69, 9.17) is 10.2 Å². The maximum atomic E-state index is 9.11. The average molecular weight is 403 g/mol. The Morgan fingerprint density at radius 1 is 0.852 bits per heavy atom. The summed E-state index contributed by atoms with van der Waals surface area (Å²) in [4.78, 5) is 2.08. The molecule has 1 fully saturated rings. The Balaban J connectivity index is -0.000000128. The summed E-state index contributed by atoms with van der Waals surface area (Å²) < 4.78 is 0. The zero-order valence-electron chi connectivity index (χ0n) is 18.1. The van der Waals surface area contributed by atoms with Gasteiger partial charge in [-0.25, -0.2) is 0 Å². The first kappa shape index (κ1) is 33.4. The molecule has 1 atom stereocenters. The molecule has 0 spiro atoms. The second kappa shape index (κ2) is 29.6. The molecule has 1 unspecified atom stereocenters. The fourth-order valence-electron chi connectivity index (χ4n) is 1.98. The van der Waals surface area contributed by atoms with Crippen molar-refractivity contribution < 1.29 is 10.2 Å². The van der Waals surface area contributed by atoms with Gasteiger partial charge in [0.25, 0.3) is 0 Å². The van der Waals surface area contributed by atoms with E-state index in [0.29, 0.717) is 0 Å². The Labute approximate surface area is 174 Å². The maximum Gasteiger partial charge on any atom is 0.107 e. The fraction of sp³-hybridized carbons (Fsp3) is 0.545. The Kier molecular flexibility index (Phi) is 36.6. The highest BCUT2D eigenvalue weighted by molar-refractivity contribution is 5.85. The van der Waals surface area contributed by atoms with E-state index in [1.165, 1.54) is 7.05 Å². The van der Waals surface area contributed by atoms with E-state index in [-0.39, 0.29) is 24.7 Å². The van der Waals surface area contributed by atoms with Gasteiger partial charge in [-0.2, -0.15) is 0 Å². The van der Waals surface area contributed by atoms with Crippen molar-refractivity contribution in [3.63, 3.8) is 0 Å². The number of hydrogen-bond donors (Lipinski definition) is 3. The quantitative estimate of drug-likeness (QED) is 0.640. The third-order valence-corrected chi connectivity index (χ3v) is 3.13. The third kappa shape index (κ3) is 22.8. The highest BCUT2D eigenvalue weighted by Gasteiger charge is 2.18. The molecule has 0 bridgehead atoms. The topological polar surface area (TPSA) is 69.7 Å². The molecule has 2 aliphatic rings. The normalized spacial score (nSPS) is 16.3. The van der Waals surface area contributed by atoms with Crippen LogP contribution in [-0.2, 0) is 0 Å². The molecular weight excluding hydrogens is 360 g/mol. The summed E-state index contributed by atoms with van der Waals surface area (Å²) in [6.45, 7) is 12.1. The number of nitrogens with two attached hydrogens (primary N) is 1. The third-order valence-electron chi connectivity index (χ3n) is 3.13. The molecule has 0 amide bonds. The molecule has 0 aromatic heterocycles. The zero-order valence-corrected chi connectivity index (χ0v) is 18.9. The van der Waals surface area contributed by atoms with Crippen molar-refractivity contribution in [3.8, 4) is 0 Å². The second-order valence-corrected chi connectivity index (χ2v) is 4.67. The van der Waals surface area contributed by atoms with Crippen LogP contribution in [0.5, 0.6) is 0 Å². The number of allylic oxidation sites excluding steroid dienone is 2. The molecule has 1 saturated heterocycles. The lowest BCUT2D eigenvalue weighted by Crippen LogP contribution is -2.28. The van der Waals surface area contributed by atoms with Gasteiger partial charge in [0, 0.05) is 6.54 Å². The van der Waals surface area contributed by atoms with Crippen molar-refractivity contribution in [2.75, 3.05) is 20.1 Å². The highest BCUT2D eigenvalue weighted by atomic mass is 35.5. The predicted molar refractivity (Wildman–Crippen MR) is 123 cm³/mol. The van der Waals surface area contributed by atoms with Crippen LogP contribution in [0.2, 0.25) is 0 Å². The highest BCUT2D eigenvalue weighted by Crippen LogP contribution is 2.12. The van der Waals surface area contributed by atoms with Crippen LogP contribution < -0.4 is 5.73 Å². The smallest absolute Gasteiger partial charge is 0.107 e. The molecule has 4 N–H and O–H groups in total. The molecule has 1 aromatic carbocycles. The molecule has 3 rings (SSSR count). The first-order valence-corrected chi connectivity index (χ1v) is 9.77. The molecule has 0 radical (unpaired) electrons. The Bertz CT molecular complexity index is 362. The van der Waals surface area contributed by atoms with E-state index >= 15 is 0 Å². The van der Waals surface area contributed by atoms with Gasteiger partial charge in [-0.1, -0.05) is 95.3 Å². The van der Waals surface area contributed by atoms with Gasteiger partial charge in [0.05, 0.1) is 6.10 Å². The number of halogens is 1. The van der Waals surface area contributed by atoms with Gasteiger partial charge in [-0.3, -0.25) is 4.90 Å². The number of hydrogen-bond acceptors (Lipinski definition) is 4. The number of aliphatic hydroxyl groups is 2. The van der Waals surface area contributed by atoms with Crippen LogP contribution >= 0.6 is 12.4 Å². The number of aliphatic hydroxyl groups excluding tert-OH is 2. The number of likely N-dealkylation sites (tertiary alicyclic amines) is 1. The van der Waals surface area contributed by atoms with Crippen molar-refractivity contribution in [2.24, 2.45) is 5.73 Å². The monoisotopic (exact) mass is 402 g/mol. The van der Waals surface area contributed by atoms with Gasteiger partial charge in [0.2, 0.25) is 0 Å². The molecule has 1 heterocycles. The summed E-state index contributed by atoms with van der Waals surface area (Å²) in [6, 6.07) is 12.0. The first-order valence-electron chi connectivity index (χ1n) is 9.77. The number of nitrogens with zero attached hydrogens (tertiary/aromatic N) is 1. The molecule has 4 nitrogen and oxygen atoms in total. The summed E-state index contributed by atoms with van der Waals surface area (Å²) in [6.07, 6.45) is 8.77. The fourth-order valence-corrected chi connectivity index (χ4v) is 1.98. The Morgan fingerprint density at radius 3 is 1.37 bits per heavy atom. The SMILES string of the molecule is CC.CC.CCN1CCCC1O.CN.Cl.OC1C=CC=C1.c1ccccc1. The van der Waals surface area contributed by atoms with E-state index < -0.39 is 0 Å². The largest absolute Gasteiger partial charge is 0.385 e. The minimum Gasteiger partial charge on any atom is -0.385 e. The van der Waals surface area contributed by atoms with Gasteiger partial charge in [-0.15, -0.1) is 12.4 Å². The van der Waals surface area contributed by atoms with E-state index in [9.17, 15) is 0 Å². The second-order valence-electron chi connectivity index (χ2n) is 4.67. The molecule has 160 valence electrons. The van der Waals surface area contributed by atoms with Crippen molar-refractivity contribution in [1.82, 2.24) is 4.90 Å². The number of benzene rings is 1. The Morgan fingerprint density at radius 2 is 1.22 bits per heavy atom. The summed E-state index contributed by atoms with van der Waals surface area (Å²) in [7, 11) is 1.50. The standard InChI is InChI=1S/C6H13NO.C6H6.C5H6O.2C2H6.CH5N.ClH/c1-2-7-5-3-4-6(7)8;1-2-4-6-5-3-1;6-5-3-1-2-4-5;3*1-2;/h6,8H,2-5H2,1H3;2*1-6H;2*1-2H3;2H2,1H3;1H. The van der Waals surface area contributed by atoms with Crippen molar-refractivity contribution in [1.29, 1.82) is 0 Å². The summed E-state index contributed by atoms with van der Waals surface area (Å²) >= 11 is 0. The van der Waals surface area contributed by atoms with Gasteiger partial charge >= 0.3 is 0 Å². The van der Waals surface area contributed by atoms with Crippen LogP contribution in [0.4, 0.5) is 0 Å². The minimum atomic E-state index is -0.315. The van der Waals surface area contributed by atoms with Crippen molar-refractivity contribution in [3.05, 3.63) is 60.7 Å². The molecule has 5 heteroatoms. The summed E-state index contributed by atoms with van der Waals surface area (Å²) in [5, 5.41) is 17.7. The van der Waals surface area contributed by atoms with Crippen LogP contribution in [0.3, 0.4) is 0 Å². The van der Waals surface area contributed by atoms with E-state index in [2.05, 4.69) is 17.6 Å². The molecule has 0 saturated carbocycles. The molecule has 1 aliphatic heterocycles.